The average Bonchev–Trinajstić information content (AvgIpc) is 3.24. The number of hydrogen-bond acceptors (Lipinski definition) is 5. The fourth-order valence-electron chi connectivity index (χ4n) is 2.98. The summed E-state index contributed by atoms with van der Waals surface area (Å²) in [6.45, 7) is 2.60. The van der Waals surface area contributed by atoms with Crippen molar-refractivity contribution in [2.45, 2.75) is 18.6 Å². The predicted octanol–water partition coefficient (Wildman–Crippen LogP) is 4.12. The van der Waals surface area contributed by atoms with Crippen LogP contribution in [0.1, 0.15) is 15.9 Å². The van der Waals surface area contributed by atoms with Gasteiger partial charge in [-0.2, -0.15) is 0 Å². The molecular formula is C19H16N4O3S. The normalized spacial score (nSPS) is 12.6. The number of nitrogens with zero attached hydrogens (tertiary/aromatic N) is 3. The van der Waals surface area contributed by atoms with E-state index in [0.717, 1.165) is 28.7 Å². The van der Waals surface area contributed by atoms with Gasteiger partial charge in [0, 0.05) is 46.9 Å². The van der Waals surface area contributed by atoms with Crippen molar-refractivity contribution < 1.29 is 9.72 Å². The molecule has 1 amide bonds. The Morgan fingerprint density at radius 1 is 1.26 bits per heavy atom. The summed E-state index contributed by atoms with van der Waals surface area (Å²) in [7, 11) is 0. The Balaban J connectivity index is 1.48. The number of rotatable bonds is 4. The molecule has 3 aromatic rings. The number of nitrogens with one attached hydrogen (secondary N) is 1. The molecule has 0 bridgehead atoms. The SMILES string of the molecule is Cc1cc(C(=O)Nc2ccc(-c3cn4c(n3)SCC4)cc2)ccc1[N+](=O)[O-]. The molecule has 1 N–H and O–H groups in total. The van der Waals surface area contributed by atoms with Crippen LogP contribution in [0.2, 0.25) is 0 Å². The van der Waals surface area contributed by atoms with Gasteiger partial charge in [0.15, 0.2) is 5.16 Å². The molecule has 4 rings (SSSR count). The highest BCUT2D eigenvalue weighted by atomic mass is 32.2. The lowest BCUT2D eigenvalue weighted by atomic mass is 10.1. The van der Waals surface area contributed by atoms with Crippen LogP contribution in [0.5, 0.6) is 0 Å². The number of carbonyl (C=O) groups excluding carboxylic acids is 1. The zero-order valence-corrected chi connectivity index (χ0v) is 15.3. The van der Waals surface area contributed by atoms with E-state index < -0.39 is 4.92 Å². The largest absolute Gasteiger partial charge is 0.325 e. The van der Waals surface area contributed by atoms with E-state index in [1.165, 1.54) is 18.2 Å². The lowest BCUT2D eigenvalue weighted by Crippen LogP contribution is -2.12. The second-order valence-electron chi connectivity index (χ2n) is 6.24. The van der Waals surface area contributed by atoms with Crippen LogP contribution < -0.4 is 5.32 Å². The molecule has 0 radical (unpaired) electrons. The van der Waals surface area contributed by atoms with Gasteiger partial charge in [-0.05, 0) is 31.2 Å². The number of nitro groups is 1. The summed E-state index contributed by atoms with van der Waals surface area (Å²) in [5, 5.41) is 14.7. The zero-order chi connectivity index (χ0) is 19.0. The van der Waals surface area contributed by atoms with Gasteiger partial charge in [-0.15, -0.1) is 0 Å². The summed E-state index contributed by atoms with van der Waals surface area (Å²) in [6.07, 6.45) is 2.04. The van der Waals surface area contributed by atoms with Gasteiger partial charge in [0.05, 0.1) is 10.6 Å². The number of carbonyl (C=O) groups is 1. The van der Waals surface area contributed by atoms with Gasteiger partial charge in [0.1, 0.15) is 0 Å². The fraction of sp³-hybridized carbons (Fsp3) is 0.158. The van der Waals surface area contributed by atoms with Crippen LogP contribution in [-0.2, 0) is 6.54 Å². The minimum atomic E-state index is -0.458. The molecule has 136 valence electrons. The van der Waals surface area contributed by atoms with Gasteiger partial charge in [0.2, 0.25) is 0 Å². The van der Waals surface area contributed by atoms with Crippen molar-refractivity contribution in [1.29, 1.82) is 0 Å². The Bertz CT molecular complexity index is 1020. The maximum Gasteiger partial charge on any atom is 0.272 e. The first-order valence-corrected chi connectivity index (χ1v) is 9.36. The van der Waals surface area contributed by atoms with Crippen molar-refractivity contribution in [2.75, 3.05) is 11.1 Å². The summed E-state index contributed by atoms with van der Waals surface area (Å²) in [5.74, 6) is 0.758. The van der Waals surface area contributed by atoms with Gasteiger partial charge in [-0.25, -0.2) is 4.98 Å². The zero-order valence-electron chi connectivity index (χ0n) is 14.5. The summed E-state index contributed by atoms with van der Waals surface area (Å²) in [5.41, 5.74) is 3.39. The first-order valence-electron chi connectivity index (χ1n) is 8.38. The number of amides is 1. The first kappa shape index (κ1) is 17.3. The number of aryl methyl sites for hydroxylation is 2. The minimum Gasteiger partial charge on any atom is -0.325 e. The number of imidazole rings is 1. The van der Waals surface area contributed by atoms with E-state index in [1.807, 2.05) is 30.5 Å². The van der Waals surface area contributed by atoms with E-state index in [2.05, 4.69) is 14.9 Å². The topological polar surface area (TPSA) is 90.1 Å². The third-order valence-corrected chi connectivity index (χ3v) is 5.37. The number of anilines is 1. The monoisotopic (exact) mass is 380 g/mol. The molecule has 2 aromatic carbocycles. The first-order chi connectivity index (χ1) is 13.0. The quantitative estimate of drug-likeness (QED) is 0.543. The van der Waals surface area contributed by atoms with Gasteiger partial charge in [0.25, 0.3) is 11.6 Å². The standard InChI is InChI=1S/C19H16N4O3S/c1-12-10-14(4-7-17(12)23(25)26)18(24)20-15-5-2-13(3-6-15)16-11-22-8-9-27-19(22)21-16/h2-7,10-11H,8-9H2,1H3,(H,20,24). The molecule has 0 aliphatic carbocycles. The van der Waals surface area contributed by atoms with E-state index >= 15 is 0 Å². The Hall–Kier alpha value is -3.13. The van der Waals surface area contributed by atoms with E-state index in [9.17, 15) is 14.9 Å². The molecule has 27 heavy (non-hydrogen) atoms. The molecular weight excluding hydrogens is 364 g/mol. The van der Waals surface area contributed by atoms with Crippen molar-refractivity contribution in [2.24, 2.45) is 0 Å². The van der Waals surface area contributed by atoms with Gasteiger partial charge in [-0.1, -0.05) is 23.9 Å². The summed E-state index contributed by atoms with van der Waals surface area (Å²) < 4.78 is 2.15. The molecule has 0 saturated heterocycles. The number of nitro benzene ring substituents is 1. The van der Waals surface area contributed by atoms with Crippen LogP contribution in [0.25, 0.3) is 11.3 Å². The molecule has 1 aliphatic rings. The Morgan fingerprint density at radius 3 is 2.70 bits per heavy atom. The number of aromatic nitrogens is 2. The number of hydrogen-bond donors (Lipinski definition) is 1. The van der Waals surface area contributed by atoms with E-state index in [4.69, 9.17) is 0 Å². The molecule has 8 heteroatoms. The summed E-state index contributed by atoms with van der Waals surface area (Å²) in [6, 6.07) is 11.8. The van der Waals surface area contributed by atoms with Crippen LogP contribution in [0.15, 0.2) is 53.8 Å². The van der Waals surface area contributed by atoms with Crippen LogP contribution in [0, 0.1) is 17.0 Å². The second-order valence-corrected chi connectivity index (χ2v) is 7.30. The Kier molecular flexibility index (Phi) is 4.41. The number of benzene rings is 2. The molecule has 1 aromatic heterocycles. The summed E-state index contributed by atoms with van der Waals surface area (Å²) in [4.78, 5) is 27.4. The fourth-order valence-corrected chi connectivity index (χ4v) is 3.92. The lowest BCUT2D eigenvalue weighted by Gasteiger charge is -2.07. The van der Waals surface area contributed by atoms with Crippen molar-refractivity contribution in [1.82, 2.24) is 9.55 Å². The summed E-state index contributed by atoms with van der Waals surface area (Å²) >= 11 is 1.75. The smallest absolute Gasteiger partial charge is 0.272 e. The van der Waals surface area contributed by atoms with Crippen LogP contribution in [0.3, 0.4) is 0 Å². The van der Waals surface area contributed by atoms with Crippen molar-refractivity contribution >= 4 is 29.0 Å². The number of fused-ring (bicyclic) bond motifs is 1. The maximum absolute atomic E-state index is 12.4. The Labute approximate surface area is 159 Å². The van der Waals surface area contributed by atoms with Gasteiger partial charge in [-0.3, -0.25) is 14.9 Å². The highest BCUT2D eigenvalue weighted by Gasteiger charge is 2.16. The highest BCUT2D eigenvalue weighted by Crippen LogP contribution is 2.29. The van der Waals surface area contributed by atoms with Crippen molar-refractivity contribution in [3.8, 4) is 11.3 Å². The molecule has 7 nitrogen and oxygen atoms in total. The Morgan fingerprint density at radius 2 is 2.04 bits per heavy atom. The molecule has 0 atom stereocenters. The molecule has 0 fully saturated rings. The molecule has 0 spiro atoms. The van der Waals surface area contributed by atoms with Crippen LogP contribution in [0.4, 0.5) is 11.4 Å². The van der Waals surface area contributed by atoms with Crippen LogP contribution in [-0.4, -0.2) is 26.1 Å². The van der Waals surface area contributed by atoms with E-state index in [0.29, 0.717) is 16.8 Å². The third-order valence-electron chi connectivity index (χ3n) is 4.40. The number of thioether (sulfide) groups is 1. The average molecular weight is 380 g/mol. The van der Waals surface area contributed by atoms with Crippen molar-refractivity contribution in [3.05, 3.63) is 69.9 Å². The highest BCUT2D eigenvalue weighted by molar-refractivity contribution is 7.99. The third kappa shape index (κ3) is 3.43. The minimum absolute atomic E-state index is 0.000955. The maximum atomic E-state index is 12.4. The second kappa shape index (κ2) is 6.88. The van der Waals surface area contributed by atoms with Gasteiger partial charge < -0.3 is 9.88 Å². The predicted molar refractivity (Wildman–Crippen MR) is 104 cm³/mol. The van der Waals surface area contributed by atoms with Gasteiger partial charge >= 0.3 is 0 Å². The van der Waals surface area contributed by atoms with Crippen molar-refractivity contribution in [3.63, 3.8) is 0 Å². The van der Waals surface area contributed by atoms with E-state index in [1.54, 1.807) is 18.7 Å². The molecule has 0 saturated carbocycles. The van der Waals surface area contributed by atoms with Crippen LogP contribution >= 0.6 is 11.8 Å². The molecule has 1 aliphatic heterocycles. The lowest BCUT2D eigenvalue weighted by molar-refractivity contribution is -0.385. The van der Waals surface area contributed by atoms with E-state index in [-0.39, 0.29) is 11.6 Å². The molecule has 0 unspecified atom stereocenters. The molecule has 2 heterocycles.